The molecule has 0 atom stereocenters. The molecule has 0 bridgehead atoms. The van der Waals surface area contributed by atoms with Crippen molar-refractivity contribution in [2.75, 3.05) is 14.2 Å². The Labute approximate surface area is 104 Å². The van der Waals surface area contributed by atoms with E-state index in [-0.39, 0.29) is 5.41 Å². The predicted octanol–water partition coefficient (Wildman–Crippen LogP) is 3.88. The molecule has 0 aliphatic heterocycles. The number of methoxy groups -OCH3 is 2. The van der Waals surface area contributed by atoms with Gasteiger partial charge in [-0.15, -0.1) is 0 Å². The van der Waals surface area contributed by atoms with Crippen LogP contribution in [0.25, 0.3) is 0 Å². The number of hydrogen-bond donors (Lipinski definition) is 0. The first-order chi connectivity index (χ1) is 7.97. The highest BCUT2D eigenvalue weighted by Gasteiger charge is 2.31. The monoisotopic (exact) mass is 234 g/mol. The van der Waals surface area contributed by atoms with Crippen molar-refractivity contribution in [1.29, 1.82) is 0 Å². The Bertz CT molecular complexity index is 386. The Morgan fingerprint density at radius 2 is 1.47 bits per heavy atom. The maximum atomic E-state index is 5.54. The number of ether oxygens (including phenoxy) is 2. The highest BCUT2D eigenvalue weighted by atomic mass is 16.5. The first-order valence-electron chi connectivity index (χ1n) is 6.23. The lowest BCUT2D eigenvalue weighted by atomic mass is 9.85. The molecular weight excluding hydrogens is 212 g/mol. The van der Waals surface area contributed by atoms with Crippen LogP contribution in [0.15, 0.2) is 12.1 Å². The van der Waals surface area contributed by atoms with Gasteiger partial charge in [0, 0.05) is 5.56 Å². The van der Waals surface area contributed by atoms with Crippen LogP contribution in [-0.4, -0.2) is 14.2 Å². The molecule has 0 spiro atoms. The third kappa shape index (κ3) is 2.41. The maximum Gasteiger partial charge on any atom is 0.126 e. The normalized spacial score (nSPS) is 15.8. The van der Waals surface area contributed by atoms with Gasteiger partial charge in [-0.2, -0.15) is 0 Å². The van der Waals surface area contributed by atoms with Gasteiger partial charge in [0.1, 0.15) is 11.5 Å². The van der Waals surface area contributed by atoms with Crippen molar-refractivity contribution < 1.29 is 9.47 Å². The largest absolute Gasteiger partial charge is 0.496 e. The summed E-state index contributed by atoms with van der Waals surface area (Å²) >= 11 is 0. The molecule has 2 rings (SSSR count). The quantitative estimate of drug-likeness (QED) is 0.790. The summed E-state index contributed by atoms with van der Waals surface area (Å²) < 4.78 is 11.1. The van der Waals surface area contributed by atoms with Crippen molar-refractivity contribution in [3.05, 3.63) is 23.3 Å². The number of benzene rings is 1. The van der Waals surface area contributed by atoms with Gasteiger partial charge in [0.05, 0.1) is 14.2 Å². The first-order valence-corrected chi connectivity index (χ1v) is 6.23. The van der Waals surface area contributed by atoms with Crippen LogP contribution in [0.4, 0.5) is 0 Å². The van der Waals surface area contributed by atoms with E-state index in [2.05, 4.69) is 32.9 Å². The van der Waals surface area contributed by atoms with E-state index in [1.54, 1.807) is 14.2 Å². The van der Waals surface area contributed by atoms with Gasteiger partial charge in [-0.25, -0.2) is 0 Å². The molecule has 0 N–H and O–H groups in total. The molecule has 1 fully saturated rings. The van der Waals surface area contributed by atoms with E-state index >= 15 is 0 Å². The van der Waals surface area contributed by atoms with Gasteiger partial charge >= 0.3 is 0 Å². The Balaban J connectivity index is 2.54. The minimum absolute atomic E-state index is 0.114. The predicted molar refractivity (Wildman–Crippen MR) is 70.2 cm³/mol. The number of rotatable bonds is 3. The molecule has 1 aliphatic rings. The molecule has 0 saturated heterocycles. The molecule has 2 heteroatoms. The molecule has 1 aromatic carbocycles. The molecule has 94 valence electrons. The zero-order valence-electron chi connectivity index (χ0n) is 11.5. The van der Waals surface area contributed by atoms with Crippen LogP contribution in [0.1, 0.15) is 50.7 Å². The summed E-state index contributed by atoms with van der Waals surface area (Å²) in [4.78, 5) is 0. The average molecular weight is 234 g/mol. The average Bonchev–Trinajstić information content (AvgIpc) is 3.09. The zero-order chi connectivity index (χ0) is 12.6. The Morgan fingerprint density at radius 3 is 1.76 bits per heavy atom. The van der Waals surface area contributed by atoms with Crippen LogP contribution in [0.3, 0.4) is 0 Å². The molecule has 0 unspecified atom stereocenters. The lowest BCUT2D eigenvalue weighted by Gasteiger charge is -2.23. The highest BCUT2D eigenvalue weighted by molar-refractivity contribution is 5.53. The fourth-order valence-electron chi connectivity index (χ4n) is 2.15. The fraction of sp³-hybridized carbons (Fsp3) is 0.600. The van der Waals surface area contributed by atoms with Crippen molar-refractivity contribution in [2.45, 2.75) is 44.9 Å². The van der Waals surface area contributed by atoms with Gasteiger partial charge in [0.2, 0.25) is 0 Å². The Kier molecular flexibility index (Phi) is 3.07. The molecule has 1 saturated carbocycles. The second-order valence-electron chi connectivity index (χ2n) is 5.82. The number of hydrogen-bond acceptors (Lipinski definition) is 2. The van der Waals surface area contributed by atoms with Crippen molar-refractivity contribution in [2.24, 2.45) is 0 Å². The van der Waals surface area contributed by atoms with Crippen LogP contribution in [0.2, 0.25) is 0 Å². The van der Waals surface area contributed by atoms with Crippen LogP contribution in [0.5, 0.6) is 11.5 Å². The third-order valence-electron chi connectivity index (χ3n) is 3.40. The van der Waals surface area contributed by atoms with Gasteiger partial charge < -0.3 is 9.47 Å². The van der Waals surface area contributed by atoms with Crippen LogP contribution < -0.4 is 9.47 Å². The minimum atomic E-state index is 0.114. The van der Waals surface area contributed by atoms with E-state index in [1.165, 1.54) is 24.0 Å². The van der Waals surface area contributed by atoms with Crippen molar-refractivity contribution >= 4 is 0 Å². The summed E-state index contributed by atoms with van der Waals surface area (Å²) in [5.74, 6) is 2.60. The molecule has 0 aromatic heterocycles. The maximum absolute atomic E-state index is 5.54. The van der Waals surface area contributed by atoms with Crippen molar-refractivity contribution in [3.8, 4) is 11.5 Å². The second kappa shape index (κ2) is 4.25. The molecule has 0 heterocycles. The van der Waals surface area contributed by atoms with Crippen LogP contribution in [0, 0.1) is 0 Å². The molecule has 2 nitrogen and oxygen atoms in total. The topological polar surface area (TPSA) is 18.5 Å². The smallest absolute Gasteiger partial charge is 0.126 e. The SMILES string of the molecule is COc1cc(C(C)(C)C)cc(OC)c1C1CC1. The molecular formula is C15H22O2. The van der Waals surface area contributed by atoms with Gasteiger partial charge in [-0.1, -0.05) is 20.8 Å². The molecule has 17 heavy (non-hydrogen) atoms. The van der Waals surface area contributed by atoms with Gasteiger partial charge in [-0.05, 0) is 41.9 Å². The van der Waals surface area contributed by atoms with Gasteiger partial charge in [0.25, 0.3) is 0 Å². The molecule has 1 aliphatic carbocycles. The van der Waals surface area contributed by atoms with E-state index in [4.69, 9.17) is 9.47 Å². The lowest BCUT2D eigenvalue weighted by Crippen LogP contribution is -2.12. The van der Waals surface area contributed by atoms with E-state index in [0.717, 1.165) is 11.5 Å². The molecule has 0 amide bonds. The summed E-state index contributed by atoms with van der Waals surface area (Å²) in [6, 6.07) is 4.33. The standard InChI is InChI=1S/C15H22O2/c1-15(2,3)11-8-12(16-4)14(10-6-7-10)13(9-11)17-5/h8-10H,6-7H2,1-5H3. The molecule has 0 radical (unpaired) electrons. The Hall–Kier alpha value is -1.18. The van der Waals surface area contributed by atoms with Crippen LogP contribution in [-0.2, 0) is 5.41 Å². The van der Waals surface area contributed by atoms with E-state index in [0.29, 0.717) is 5.92 Å². The summed E-state index contributed by atoms with van der Waals surface area (Å²) in [6.07, 6.45) is 2.50. The molecule has 1 aromatic rings. The minimum Gasteiger partial charge on any atom is -0.496 e. The van der Waals surface area contributed by atoms with Crippen molar-refractivity contribution in [3.63, 3.8) is 0 Å². The summed E-state index contributed by atoms with van der Waals surface area (Å²) in [7, 11) is 3.49. The van der Waals surface area contributed by atoms with Gasteiger partial charge in [-0.3, -0.25) is 0 Å². The highest BCUT2D eigenvalue weighted by Crippen LogP contribution is 2.49. The Morgan fingerprint density at radius 1 is 1.00 bits per heavy atom. The fourth-order valence-corrected chi connectivity index (χ4v) is 2.15. The first kappa shape index (κ1) is 12.3. The summed E-state index contributed by atoms with van der Waals surface area (Å²) in [5.41, 5.74) is 2.63. The second-order valence-corrected chi connectivity index (χ2v) is 5.82. The van der Waals surface area contributed by atoms with Crippen LogP contribution >= 0.6 is 0 Å². The summed E-state index contributed by atoms with van der Waals surface area (Å²) in [5, 5.41) is 0. The van der Waals surface area contributed by atoms with E-state index < -0.39 is 0 Å². The zero-order valence-corrected chi connectivity index (χ0v) is 11.5. The van der Waals surface area contributed by atoms with E-state index in [9.17, 15) is 0 Å². The van der Waals surface area contributed by atoms with Crippen molar-refractivity contribution in [1.82, 2.24) is 0 Å². The third-order valence-corrected chi connectivity index (χ3v) is 3.40. The van der Waals surface area contributed by atoms with Gasteiger partial charge in [0.15, 0.2) is 0 Å². The summed E-state index contributed by atoms with van der Waals surface area (Å²) in [6.45, 7) is 6.62. The van der Waals surface area contributed by atoms with E-state index in [1.807, 2.05) is 0 Å². The lowest BCUT2D eigenvalue weighted by molar-refractivity contribution is 0.382.